The molecule has 0 saturated heterocycles. The van der Waals surface area contributed by atoms with E-state index >= 15 is 0 Å². The molecule has 0 aromatic heterocycles. The lowest BCUT2D eigenvalue weighted by Crippen LogP contribution is -2.38. The van der Waals surface area contributed by atoms with Crippen LogP contribution in [0.2, 0.25) is 0 Å². The molecule has 1 rings (SSSR count). The Morgan fingerprint density at radius 2 is 2.00 bits per heavy atom. The molecule has 2 heteroatoms. The third-order valence-corrected chi connectivity index (χ3v) is 3.35. The summed E-state index contributed by atoms with van der Waals surface area (Å²) < 4.78 is 0. The van der Waals surface area contributed by atoms with Crippen LogP contribution < -0.4 is 5.32 Å². The van der Waals surface area contributed by atoms with Crippen LogP contribution in [-0.2, 0) is 0 Å². The lowest BCUT2D eigenvalue weighted by Gasteiger charge is -2.30. The molecule has 0 spiro atoms. The van der Waals surface area contributed by atoms with Gasteiger partial charge in [0.2, 0.25) is 0 Å². The molecule has 14 heavy (non-hydrogen) atoms. The summed E-state index contributed by atoms with van der Waals surface area (Å²) in [5.41, 5.74) is 0. The smallest absolute Gasteiger partial charge is 0.00952 e. The Morgan fingerprint density at radius 3 is 2.50 bits per heavy atom. The van der Waals surface area contributed by atoms with Crippen LogP contribution in [0, 0.1) is 5.92 Å². The molecule has 0 aliphatic heterocycles. The Kier molecular flexibility index (Phi) is 5.49. The summed E-state index contributed by atoms with van der Waals surface area (Å²) in [5.74, 6) is 0.778. The van der Waals surface area contributed by atoms with Crippen molar-refractivity contribution in [1.29, 1.82) is 0 Å². The minimum atomic E-state index is 0.778. The summed E-state index contributed by atoms with van der Waals surface area (Å²) in [4.78, 5) is 2.68. The predicted molar refractivity (Wildman–Crippen MR) is 62.6 cm³/mol. The Bertz CT molecular complexity index is 141. The van der Waals surface area contributed by atoms with Gasteiger partial charge in [0.15, 0.2) is 0 Å². The van der Waals surface area contributed by atoms with Crippen LogP contribution in [0.15, 0.2) is 0 Å². The van der Waals surface area contributed by atoms with Gasteiger partial charge in [0.1, 0.15) is 0 Å². The highest BCUT2D eigenvalue weighted by Crippen LogP contribution is 2.23. The maximum absolute atomic E-state index is 3.26. The van der Waals surface area contributed by atoms with E-state index in [1.165, 1.54) is 38.8 Å². The second-order valence-electron chi connectivity index (χ2n) is 4.69. The monoisotopic (exact) mass is 198 g/mol. The van der Waals surface area contributed by atoms with E-state index in [0.29, 0.717) is 0 Å². The zero-order chi connectivity index (χ0) is 10.4. The molecule has 0 bridgehead atoms. The Morgan fingerprint density at radius 1 is 1.36 bits per heavy atom. The quantitative estimate of drug-likeness (QED) is 0.703. The molecule has 1 N–H and O–H groups in total. The molecular weight excluding hydrogens is 172 g/mol. The molecule has 0 heterocycles. The van der Waals surface area contributed by atoms with Gasteiger partial charge < -0.3 is 10.2 Å². The van der Waals surface area contributed by atoms with Crippen molar-refractivity contribution in [2.75, 3.05) is 26.7 Å². The molecule has 1 fully saturated rings. The van der Waals surface area contributed by atoms with Crippen molar-refractivity contribution in [1.82, 2.24) is 10.2 Å². The van der Waals surface area contributed by atoms with Gasteiger partial charge in [-0.2, -0.15) is 0 Å². The van der Waals surface area contributed by atoms with Gasteiger partial charge in [0.25, 0.3) is 0 Å². The Hall–Kier alpha value is -0.0800. The van der Waals surface area contributed by atoms with Crippen molar-refractivity contribution >= 4 is 0 Å². The van der Waals surface area contributed by atoms with E-state index in [9.17, 15) is 0 Å². The fraction of sp³-hybridized carbons (Fsp3) is 1.00. The van der Waals surface area contributed by atoms with Crippen molar-refractivity contribution < 1.29 is 0 Å². The molecule has 1 unspecified atom stereocenters. The van der Waals surface area contributed by atoms with Crippen LogP contribution in [0.4, 0.5) is 0 Å². The van der Waals surface area contributed by atoms with Crippen molar-refractivity contribution in [3.05, 3.63) is 0 Å². The van der Waals surface area contributed by atoms with Crippen LogP contribution >= 0.6 is 0 Å². The second kappa shape index (κ2) is 6.41. The fourth-order valence-electron chi connectivity index (χ4n) is 2.62. The molecule has 0 amide bonds. The molecule has 2 nitrogen and oxygen atoms in total. The first-order valence-electron chi connectivity index (χ1n) is 6.16. The standard InChI is InChI=1S/C12H26N2/c1-4-14(10-11(2)9-13-3)12-7-5-6-8-12/h11-13H,4-10H2,1-3H3. The SMILES string of the molecule is CCN(CC(C)CNC)C1CCCC1. The molecule has 0 aromatic rings. The van der Waals surface area contributed by atoms with Crippen LogP contribution in [0.25, 0.3) is 0 Å². The van der Waals surface area contributed by atoms with E-state index in [0.717, 1.165) is 18.5 Å². The molecule has 1 aliphatic carbocycles. The molecule has 1 atom stereocenters. The fourth-order valence-corrected chi connectivity index (χ4v) is 2.62. The average molecular weight is 198 g/mol. The maximum Gasteiger partial charge on any atom is 0.00952 e. The largest absolute Gasteiger partial charge is 0.319 e. The molecule has 0 aromatic carbocycles. The highest BCUT2D eigenvalue weighted by molar-refractivity contribution is 4.78. The molecule has 0 radical (unpaired) electrons. The summed E-state index contributed by atoms with van der Waals surface area (Å²) in [7, 11) is 2.04. The van der Waals surface area contributed by atoms with Gasteiger partial charge in [0, 0.05) is 12.6 Å². The molecule has 1 saturated carbocycles. The highest BCUT2D eigenvalue weighted by atomic mass is 15.2. The van der Waals surface area contributed by atoms with E-state index in [4.69, 9.17) is 0 Å². The van der Waals surface area contributed by atoms with Gasteiger partial charge in [-0.25, -0.2) is 0 Å². The third-order valence-electron chi connectivity index (χ3n) is 3.35. The van der Waals surface area contributed by atoms with Crippen molar-refractivity contribution in [3.63, 3.8) is 0 Å². The maximum atomic E-state index is 3.26. The first-order chi connectivity index (χ1) is 6.77. The van der Waals surface area contributed by atoms with Gasteiger partial charge in [-0.3, -0.25) is 0 Å². The topological polar surface area (TPSA) is 15.3 Å². The van der Waals surface area contributed by atoms with Gasteiger partial charge in [-0.15, -0.1) is 0 Å². The van der Waals surface area contributed by atoms with E-state index in [2.05, 4.69) is 24.1 Å². The van der Waals surface area contributed by atoms with Crippen LogP contribution in [0.3, 0.4) is 0 Å². The summed E-state index contributed by atoms with van der Waals surface area (Å²) in [6.45, 7) is 8.27. The number of rotatable bonds is 6. The van der Waals surface area contributed by atoms with Crippen LogP contribution in [-0.4, -0.2) is 37.6 Å². The lowest BCUT2D eigenvalue weighted by molar-refractivity contribution is 0.181. The van der Waals surface area contributed by atoms with Crippen molar-refractivity contribution in [3.8, 4) is 0 Å². The minimum absolute atomic E-state index is 0.778. The van der Waals surface area contributed by atoms with E-state index < -0.39 is 0 Å². The van der Waals surface area contributed by atoms with Crippen molar-refractivity contribution in [2.24, 2.45) is 5.92 Å². The number of nitrogens with zero attached hydrogens (tertiary/aromatic N) is 1. The Labute approximate surface area is 89.1 Å². The van der Waals surface area contributed by atoms with Gasteiger partial charge in [-0.05, 0) is 38.9 Å². The highest BCUT2D eigenvalue weighted by Gasteiger charge is 2.22. The average Bonchev–Trinajstić information content (AvgIpc) is 2.67. The summed E-state index contributed by atoms with van der Waals surface area (Å²) in [5, 5.41) is 3.26. The predicted octanol–water partition coefficient (Wildman–Crippen LogP) is 2.11. The summed E-state index contributed by atoms with van der Waals surface area (Å²) in [6.07, 6.45) is 5.75. The summed E-state index contributed by atoms with van der Waals surface area (Å²) in [6, 6.07) is 0.888. The zero-order valence-corrected chi connectivity index (χ0v) is 10.1. The Balaban J connectivity index is 2.29. The first-order valence-corrected chi connectivity index (χ1v) is 6.16. The van der Waals surface area contributed by atoms with Gasteiger partial charge >= 0.3 is 0 Å². The number of hydrogen-bond acceptors (Lipinski definition) is 2. The zero-order valence-electron chi connectivity index (χ0n) is 10.1. The molecule has 84 valence electrons. The second-order valence-corrected chi connectivity index (χ2v) is 4.69. The molecule has 1 aliphatic rings. The van der Waals surface area contributed by atoms with Gasteiger partial charge in [-0.1, -0.05) is 26.7 Å². The molecular formula is C12H26N2. The van der Waals surface area contributed by atoms with Crippen molar-refractivity contribution in [2.45, 2.75) is 45.6 Å². The normalized spacial score (nSPS) is 20.6. The van der Waals surface area contributed by atoms with Crippen LogP contribution in [0.5, 0.6) is 0 Å². The number of nitrogens with one attached hydrogen (secondary N) is 1. The first kappa shape index (κ1) is 12.0. The third kappa shape index (κ3) is 3.58. The number of hydrogen-bond donors (Lipinski definition) is 1. The minimum Gasteiger partial charge on any atom is -0.319 e. The van der Waals surface area contributed by atoms with E-state index in [-0.39, 0.29) is 0 Å². The van der Waals surface area contributed by atoms with E-state index in [1.54, 1.807) is 0 Å². The summed E-state index contributed by atoms with van der Waals surface area (Å²) >= 11 is 0. The lowest BCUT2D eigenvalue weighted by atomic mass is 10.1. The van der Waals surface area contributed by atoms with E-state index in [1.807, 2.05) is 7.05 Å². The van der Waals surface area contributed by atoms with Crippen LogP contribution in [0.1, 0.15) is 39.5 Å². The van der Waals surface area contributed by atoms with Gasteiger partial charge in [0.05, 0.1) is 0 Å².